The van der Waals surface area contributed by atoms with Crippen LogP contribution in [0.5, 0.6) is 0 Å². The summed E-state index contributed by atoms with van der Waals surface area (Å²) in [7, 11) is 0. The highest BCUT2D eigenvalue weighted by Gasteiger charge is 2.49. The van der Waals surface area contributed by atoms with Crippen molar-refractivity contribution in [2.24, 2.45) is 0 Å². The maximum Gasteiger partial charge on any atom is 0.255 e. The molecular formula is C31H32Cl2N4O3. The summed E-state index contributed by atoms with van der Waals surface area (Å²) >= 11 is 13.0. The van der Waals surface area contributed by atoms with Gasteiger partial charge in [-0.25, -0.2) is 5.48 Å². The van der Waals surface area contributed by atoms with Crippen molar-refractivity contribution in [2.45, 2.75) is 63.3 Å². The Labute approximate surface area is 244 Å². The minimum Gasteiger partial charge on any atom is -0.369 e. The van der Waals surface area contributed by atoms with Gasteiger partial charge in [0.15, 0.2) is 0 Å². The van der Waals surface area contributed by atoms with Crippen molar-refractivity contribution in [3.05, 3.63) is 105 Å². The summed E-state index contributed by atoms with van der Waals surface area (Å²) in [5.74, 6) is -0.999. The average Bonchev–Trinajstić information content (AvgIpc) is 2.94. The molecule has 2 unspecified atom stereocenters. The molecule has 208 valence electrons. The van der Waals surface area contributed by atoms with Crippen LogP contribution in [0, 0.1) is 5.41 Å². The Morgan fingerprint density at radius 2 is 1.73 bits per heavy atom. The third-order valence-corrected chi connectivity index (χ3v) is 8.25. The van der Waals surface area contributed by atoms with Gasteiger partial charge >= 0.3 is 0 Å². The Hall–Kier alpha value is -3.39. The van der Waals surface area contributed by atoms with Crippen LogP contribution in [0.1, 0.15) is 71.6 Å². The molecule has 1 saturated carbocycles. The molecule has 2 aliphatic rings. The first-order chi connectivity index (χ1) is 19.3. The first-order valence-corrected chi connectivity index (χ1v) is 14.2. The average molecular weight is 580 g/mol. The van der Waals surface area contributed by atoms with Gasteiger partial charge in [-0.2, -0.15) is 0 Å². The molecule has 1 fully saturated rings. The van der Waals surface area contributed by atoms with Crippen molar-refractivity contribution in [1.82, 2.24) is 15.7 Å². The predicted octanol–water partition coefficient (Wildman–Crippen LogP) is 6.42. The van der Waals surface area contributed by atoms with Gasteiger partial charge in [0.05, 0.1) is 30.4 Å². The number of benzene rings is 3. The van der Waals surface area contributed by atoms with Crippen molar-refractivity contribution in [3.63, 3.8) is 0 Å². The number of amidine groups is 1. The molecule has 40 heavy (non-hydrogen) atoms. The summed E-state index contributed by atoms with van der Waals surface area (Å²) in [6, 6.07) is 20.8. The standard InChI is InChI=1S/C31H32Cl2N4O3/c1-19(34)35-26-13-7-8-14-27(26)37-29(24-16-15-21(32)17-25(24)33)28(22-11-5-6-12-23(22)31(37)39)30(38)36-40-18-20-9-3-2-4-10-20/h2-6,9-12,15-17,26-29H,7-8,13-14,18H2,1H3,(H2,34,35)(H,36,38)/t26-,27?,28?,29-/m0/s1. The second-order valence-electron chi connectivity index (χ2n) is 10.4. The molecule has 0 radical (unpaired) electrons. The topological polar surface area (TPSA) is 94.5 Å². The first kappa shape index (κ1) is 28.1. The van der Waals surface area contributed by atoms with Crippen LogP contribution in [0.2, 0.25) is 10.0 Å². The highest BCUT2D eigenvalue weighted by atomic mass is 35.5. The lowest BCUT2D eigenvalue weighted by Gasteiger charge is -2.49. The van der Waals surface area contributed by atoms with E-state index < -0.39 is 12.0 Å². The predicted molar refractivity (Wildman–Crippen MR) is 157 cm³/mol. The summed E-state index contributed by atoms with van der Waals surface area (Å²) in [5.41, 5.74) is 5.30. The Kier molecular flexibility index (Phi) is 8.74. The number of hydroxylamine groups is 1. The number of carbonyl (C=O) groups excluding carboxylic acids is 2. The van der Waals surface area contributed by atoms with E-state index in [-0.39, 0.29) is 30.5 Å². The fraction of sp³-hybridized carbons (Fsp3) is 0.323. The number of fused-ring (bicyclic) bond motifs is 1. The third kappa shape index (κ3) is 5.87. The molecule has 2 amide bonds. The fourth-order valence-corrected chi connectivity index (χ4v) is 6.51. The number of hydrogen-bond donors (Lipinski definition) is 3. The highest BCUT2D eigenvalue weighted by Crippen LogP contribution is 2.47. The van der Waals surface area contributed by atoms with Gasteiger partial charge in [0.25, 0.3) is 11.8 Å². The zero-order chi connectivity index (χ0) is 28.2. The molecule has 0 spiro atoms. The van der Waals surface area contributed by atoms with Crippen LogP contribution in [0.25, 0.3) is 0 Å². The molecule has 4 atom stereocenters. The van der Waals surface area contributed by atoms with Gasteiger partial charge in [-0.1, -0.05) is 90.6 Å². The van der Waals surface area contributed by atoms with E-state index in [9.17, 15) is 9.59 Å². The molecule has 0 bridgehead atoms. The number of nitrogens with zero attached hydrogens (tertiary/aromatic N) is 1. The molecule has 3 aromatic rings. The van der Waals surface area contributed by atoms with Gasteiger partial charge in [0.1, 0.15) is 0 Å². The van der Waals surface area contributed by atoms with Gasteiger partial charge in [-0.05, 0) is 54.7 Å². The normalized spacial score (nSPS) is 22.4. The van der Waals surface area contributed by atoms with Crippen molar-refractivity contribution in [3.8, 4) is 0 Å². The molecular weight excluding hydrogens is 547 g/mol. The van der Waals surface area contributed by atoms with Crippen LogP contribution >= 0.6 is 23.2 Å². The molecule has 3 N–H and O–H groups in total. The minimum absolute atomic E-state index is 0.132. The van der Waals surface area contributed by atoms with E-state index in [0.717, 1.165) is 31.2 Å². The molecule has 3 aromatic carbocycles. The molecule has 0 saturated heterocycles. The Morgan fingerprint density at radius 1 is 1.00 bits per heavy atom. The van der Waals surface area contributed by atoms with Crippen molar-refractivity contribution in [1.29, 1.82) is 5.41 Å². The largest absolute Gasteiger partial charge is 0.369 e. The second-order valence-corrected chi connectivity index (χ2v) is 11.2. The molecule has 5 rings (SSSR count). The van der Waals surface area contributed by atoms with E-state index in [0.29, 0.717) is 32.6 Å². The highest BCUT2D eigenvalue weighted by molar-refractivity contribution is 6.35. The van der Waals surface area contributed by atoms with Crippen molar-refractivity contribution < 1.29 is 14.4 Å². The van der Waals surface area contributed by atoms with Crippen LogP contribution < -0.4 is 10.8 Å². The fourth-order valence-electron chi connectivity index (χ4n) is 5.99. The Morgan fingerprint density at radius 3 is 2.48 bits per heavy atom. The van der Waals surface area contributed by atoms with Crippen molar-refractivity contribution in [2.75, 3.05) is 0 Å². The number of amides is 2. The number of hydrogen-bond acceptors (Lipinski definition) is 4. The van der Waals surface area contributed by atoms with Crippen LogP contribution in [-0.2, 0) is 16.2 Å². The minimum atomic E-state index is -0.799. The zero-order valence-corrected chi connectivity index (χ0v) is 23.7. The second kappa shape index (κ2) is 12.4. The quantitative estimate of drug-likeness (QED) is 0.171. The maximum absolute atomic E-state index is 14.3. The lowest BCUT2D eigenvalue weighted by atomic mass is 9.76. The van der Waals surface area contributed by atoms with Crippen LogP contribution in [0.3, 0.4) is 0 Å². The zero-order valence-electron chi connectivity index (χ0n) is 22.2. The van der Waals surface area contributed by atoms with E-state index in [2.05, 4.69) is 10.8 Å². The number of nitrogens with one attached hydrogen (secondary N) is 3. The molecule has 1 aliphatic heterocycles. The molecule has 1 heterocycles. The van der Waals surface area contributed by atoms with Gasteiger partial charge < -0.3 is 10.2 Å². The summed E-state index contributed by atoms with van der Waals surface area (Å²) in [5, 5.41) is 12.2. The van der Waals surface area contributed by atoms with Crippen LogP contribution in [0.4, 0.5) is 0 Å². The smallest absolute Gasteiger partial charge is 0.255 e. The Bertz CT molecular complexity index is 1400. The van der Waals surface area contributed by atoms with Crippen LogP contribution in [-0.4, -0.2) is 34.6 Å². The summed E-state index contributed by atoms with van der Waals surface area (Å²) in [6.45, 7) is 1.90. The van der Waals surface area contributed by atoms with E-state index in [1.54, 1.807) is 31.2 Å². The first-order valence-electron chi connectivity index (χ1n) is 13.5. The monoisotopic (exact) mass is 578 g/mol. The maximum atomic E-state index is 14.3. The lowest BCUT2D eigenvalue weighted by Crippen LogP contribution is -2.59. The van der Waals surface area contributed by atoms with E-state index in [1.165, 1.54) is 0 Å². The summed E-state index contributed by atoms with van der Waals surface area (Å²) in [6.07, 6.45) is 3.47. The van der Waals surface area contributed by atoms with Gasteiger partial charge in [-0.15, -0.1) is 0 Å². The van der Waals surface area contributed by atoms with Gasteiger partial charge in [0.2, 0.25) is 0 Å². The SMILES string of the molecule is CC(=N)N[C@H]1CCCCC1N1C(=O)c2ccccc2C(C(=O)NOCc2ccccc2)[C@@H]1c1ccc(Cl)cc1Cl. The third-order valence-electron chi connectivity index (χ3n) is 7.68. The van der Waals surface area contributed by atoms with E-state index in [1.807, 2.05) is 53.4 Å². The van der Waals surface area contributed by atoms with Gasteiger partial charge in [-0.3, -0.25) is 19.8 Å². The van der Waals surface area contributed by atoms with Crippen LogP contribution in [0.15, 0.2) is 72.8 Å². The lowest BCUT2D eigenvalue weighted by molar-refractivity contribution is -0.138. The molecule has 9 heteroatoms. The molecule has 1 aliphatic carbocycles. The van der Waals surface area contributed by atoms with E-state index in [4.69, 9.17) is 33.4 Å². The molecule has 0 aromatic heterocycles. The van der Waals surface area contributed by atoms with Gasteiger partial charge in [0, 0.05) is 21.7 Å². The summed E-state index contributed by atoms with van der Waals surface area (Å²) < 4.78 is 0. The number of halogens is 2. The van der Waals surface area contributed by atoms with E-state index >= 15 is 0 Å². The summed E-state index contributed by atoms with van der Waals surface area (Å²) in [4.78, 5) is 35.8. The molecule has 7 nitrogen and oxygen atoms in total. The van der Waals surface area contributed by atoms with Crippen molar-refractivity contribution >= 4 is 40.9 Å². The number of rotatable bonds is 7. The Balaban J connectivity index is 1.59. The number of carbonyl (C=O) groups is 2.